The van der Waals surface area contributed by atoms with E-state index in [1.54, 1.807) is 6.07 Å². The number of halogens is 2. The van der Waals surface area contributed by atoms with Gasteiger partial charge >= 0.3 is 0 Å². The van der Waals surface area contributed by atoms with E-state index in [4.69, 9.17) is 9.72 Å². The normalized spacial score (nSPS) is 15.5. The minimum atomic E-state index is -0.236. The molecule has 5 aromatic rings. The van der Waals surface area contributed by atoms with E-state index in [1.165, 1.54) is 17.8 Å². The van der Waals surface area contributed by atoms with Crippen LogP contribution in [0.3, 0.4) is 0 Å². The van der Waals surface area contributed by atoms with Crippen molar-refractivity contribution < 1.29 is 9.13 Å². The summed E-state index contributed by atoms with van der Waals surface area (Å²) in [6.07, 6.45) is 2.14. The van der Waals surface area contributed by atoms with Crippen LogP contribution in [0.1, 0.15) is 18.4 Å². The number of hydrogen-bond acceptors (Lipinski definition) is 5. The minimum Gasteiger partial charge on any atom is -0.376 e. The van der Waals surface area contributed by atoms with E-state index in [-0.39, 0.29) is 11.9 Å². The lowest BCUT2D eigenvalue weighted by Crippen LogP contribution is -2.16. The highest BCUT2D eigenvalue weighted by atomic mass is 79.9. The second-order valence-electron chi connectivity index (χ2n) is 9.01. The second kappa shape index (κ2) is 10.7. The van der Waals surface area contributed by atoms with Crippen molar-refractivity contribution in [1.29, 1.82) is 0 Å². The van der Waals surface area contributed by atoms with Gasteiger partial charge in [0.25, 0.3) is 0 Å². The molecule has 1 saturated heterocycles. The van der Waals surface area contributed by atoms with Crippen molar-refractivity contribution in [3.8, 4) is 22.6 Å². The fourth-order valence-corrected chi connectivity index (χ4v) is 5.92. The van der Waals surface area contributed by atoms with E-state index >= 15 is 0 Å². The third-order valence-electron chi connectivity index (χ3n) is 6.53. The fraction of sp³-hybridized carbons (Fsp3) is 0.207. The Balaban J connectivity index is 1.44. The van der Waals surface area contributed by atoms with E-state index in [1.807, 2.05) is 42.5 Å². The first-order valence-electron chi connectivity index (χ1n) is 12.2. The molecule has 1 aliphatic rings. The first-order chi connectivity index (χ1) is 18.2. The van der Waals surface area contributed by atoms with Crippen molar-refractivity contribution in [2.75, 3.05) is 6.61 Å². The van der Waals surface area contributed by atoms with E-state index in [0.29, 0.717) is 17.9 Å². The van der Waals surface area contributed by atoms with Crippen molar-refractivity contribution in [3.05, 3.63) is 94.7 Å². The third kappa shape index (κ3) is 5.19. The number of nitrogens with zero attached hydrogens (tertiary/aromatic N) is 4. The molecule has 0 amide bonds. The van der Waals surface area contributed by atoms with Gasteiger partial charge in [0.15, 0.2) is 11.0 Å². The molecule has 1 atom stereocenters. The van der Waals surface area contributed by atoms with Gasteiger partial charge < -0.3 is 4.74 Å². The van der Waals surface area contributed by atoms with Crippen LogP contribution in [-0.4, -0.2) is 32.5 Å². The van der Waals surface area contributed by atoms with Crippen LogP contribution in [0.4, 0.5) is 4.39 Å². The molecule has 0 aliphatic carbocycles. The molecule has 37 heavy (non-hydrogen) atoms. The molecule has 6 rings (SSSR count). The quantitative estimate of drug-likeness (QED) is 0.188. The maximum absolute atomic E-state index is 14.5. The van der Waals surface area contributed by atoms with Gasteiger partial charge in [-0.3, -0.25) is 4.57 Å². The van der Waals surface area contributed by atoms with Crippen LogP contribution in [0, 0.1) is 5.82 Å². The molecule has 0 radical (unpaired) electrons. The van der Waals surface area contributed by atoms with E-state index in [0.717, 1.165) is 62.6 Å². The zero-order valence-corrected chi connectivity index (χ0v) is 22.4. The largest absolute Gasteiger partial charge is 0.376 e. The molecule has 0 bridgehead atoms. The predicted molar refractivity (Wildman–Crippen MR) is 149 cm³/mol. The van der Waals surface area contributed by atoms with Gasteiger partial charge in [-0.1, -0.05) is 82.3 Å². The maximum atomic E-state index is 14.5. The van der Waals surface area contributed by atoms with Gasteiger partial charge in [0, 0.05) is 33.3 Å². The zero-order chi connectivity index (χ0) is 25.2. The lowest BCUT2D eigenvalue weighted by atomic mass is 10.0. The number of fused-ring (bicyclic) bond motifs is 1. The molecule has 1 aliphatic heterocycles. The Labute approximate surface area is 227 Å². The van der Waals surface area contributed by atoms with Gasteiger partial charge in [-0.15, -0.1) is 10.2 Å². The van der Waals surface area contributed by atoms with Crippen molar-refractivity contribution in [2.24, 2.45) is 0 Å². The molecule has 186 valence electrons. The van der Waals surface area contributed by atoms with Gasteiger partial charge in [-0.25, -0.2) is 9.37 Å². The lowest BCUT2D eigenvalue weighted by Gasteiger charge is -2.16. The Hall–Kier alpha value is -3.07. The summed E-state index contributed by atoms with van der Waals surface area (Å²) >= 11 is 4.82. The molecule has 5 nitrogen and oxygen atoms in total. The topological polar surface area (TPSA) is 52.8 Å². The van der Waals surface area contributed by atoms with Crippen molar-refractivity contribution >= 4 is 38.6 Å². The Bertz CT molecular complexity index is 1550. The van der Waals surface area contributed by atoms with Crippen LogP contribution in [-0.2, 0) is 17.0 Å². The minimum absolute atomic E-state index is 0.0974. The van der Waals surface area contributed by atoms with Gasteiger partial charge in [0.1, 0.15) is 5.82 Å². The number of thioether (sulfide) groups is 1. The fourth-order valence-electron chi connectivity index (χ4n) is 4.65. The summed E-state index contributed by atoms with van der Waals surface area (Å²) in [6, 6.07) is 25.5. The monoisotopic (exact) mass is 574 g/mol. The Morgan fingerprint density at radius 2 is 1.84 bits per heavy atom. The summed E-state index contributed by atoms with van der Waals surface area (Å²) in [4.78, 5) is 4.93. The number of rotatable bonds is 7. The first kappa shape index (κ1) is 24.3. The summed E-state index contributed by atoms with van der Waals surface area (Å²) in [6.45, 7) is 1.41. The Morgan fingerprint density at radius 3 is 2.65 bits per heavy atom. The average Bonchev–Trinajstić information content (AvgIpc) is 3.58. The van der Waals surface area contributed by atoms with Gasteiger partial charge in [-0.05, 0) is 42.7 Å². The summed E-state index contributed by atoms with van der Waals surface area (Å²) < 4.78 is 23.4. The van der Waals surface area contributed by atoms with Crippen LogP contribution in [0.25, 0.3) is 33.5 Å². The van der Waals surface area contributed by atoms with Crippen LogP contribution in [0.5, 0.6) is 0 Å². The average molecular weight is 576 g/mol. The highest BCUT2D eigenvalue weighted by molar-refractivity contribution is 9.10. The number of para-hydroxylation sites is 1. The number of hydrogen-bond donors (Lipinski definition) is 0. The highest BCUT2D eigenvalue weighted by Crippen LogP contribution is 2.34. The first-order valence-corrected chi connectivity index (χ1v) is 14.0. The SMILES string of the molecule is Fc1cc(Br)ccc1CSc1nnc(-c2cc(-c3ccccc3)nc3ccccc23)n1CC1CCCO1. The van der Waals surface area contributed by atoms with E-state index in [2.05, 4.69) is 55.0 Å². The van der Waals surface area contributed by atoms with Crippen LogP contribution in [0.15, 0.2) is 88.5 Å². The van der Waals surface area contributed by atoms with Crippen LogP contribution < -0.4 is 0 Å². The van der Waals surface area contributed by atoms with Gasteiger partial charge in [-0.2, -0.15) is 0 Å². The summed E-state index contributed by atoms with van der Waals surface area (Å²) in [5.74, 6) is 0.986. The summed E-state index contributed by atoms with van der Waals surface area (Å²) in [7, 11) is 0. The van der Waals surface area contributed by atoms with Gasteiger partial charge in [0.05, 0.1) is 23.9 Å². The number of ether oxygens (including phenoxy) is 1. The third-order valence-corrected chi connectivity index (χ3v) is 8.03. The predicted octanol–water partition coefficient (Wildman–Crippen LogP) is 7.53. The lowest BCUT2D eigenvalue weighted by molar-refractivity contribution is 0.0953. The molecule has 3 aromatic carbocycles. The molecule has 3 heterocycles. The smallest absolute Gasteiger partial charge is 0.191 e. The summed E-state index contributed by atoms with van der Waals surface area (Å²) in [5.41, 5.74) is 4.42. The second-order valence-corrected chi connectivity index (χ2v) is 10.9. The van der Waals surface area contributed by atoms with Crippen molar-refractivity contribution in [1.82, 2.24) is 19.7 Å². The molecule has 1 unspecified atom stereocenters. The molecular weight excluding hydrogens is 551 g/mol. The molecule has 0 spiro atoms. The Kier molecular flexibility index (Phi) is 7.04. The molecule has 8 heteroatoms. The number of aromatic nitrogens is 4. The van der Waals surface area contributed by atoms with Gasteiger partial charge in [0.2, 0.25) is 0 Å². The Morgan fingerprint density at radius 1 is 1.00 bits per heavy atom. The zero-order valence-electron chi connectivity index (χ0n) is 20.0. The molecule has 0 saturated carbocycles. The van der Waals surface area contributed by atoms with E-state index < -0.39 is 0 Å². The summed E-state index contributed by atoms with van der Waals surface area (Å²) in [5, 5.41) is 11.0. The van der Waals surface area contributed by atoms with Crippen molar-refractivity contribution in [2.45, 2.75) is 36.4 Å². The maximum Gasteiger partial charge on any atom is 0.191 e. The molecule has 0 N–H and O–H groups in total. The number of pyridine rings is 1. The molecular formula is C29H24BrFN4OS. The van der Waals surface area contributed by atoms with Crippen molar-refractivity contribution in [3.63, 3.8) is 0 Å². The standard InChI is InChI=1S/C29H24BrFN4OS/c30-21-13-12-20(25(31)15-21)18-37-29-34-33-28(35(29)17-22-9-6-14-36-22)24-16-27(19-7-2-1-3-8-19)32-26-11-5-4-10-23(24)26/h1-5,7-8,10-13,15-16,22H,6,9,14,17-18H2. The highest BCUT2D eigenvalue weighted by Gasteiger charge is 2.23. The molecule has 1 fully saturated rings. The van der Waals surface area contributed by atoms with E-state index in [9.17, 15) is 4.39 Å². The van der Waals surface area contributed by atoms with Crippen LogP contribution in [0.2, 0.25) is 0 Å². The van der Waals surface area contributed by atoms with Crippen LogP contribution >= 0.6 is 27.7 Å². The molecule has 2 aromatic heterocycles. The number of benzene rings is 3.